The zero-order valence-corrected chi connectivity index (χ0v) is 11.8. The molecule has 0 bridgehead atoms. The quantitative estimate of drug-likeness (QED) is 0.859. The lowest BCUT2D eigenvalue weighted by Gasteiger charge is -2.39. The van der Waals surface area contributed by atoms with Crippen molar-refractivity contribution in [1.29, 1.82) is 0 Å². The summed E-state index contributed by atoms with van der Waals surface area (Å²) in [5.41, 5.74) is 9.76. The van der Waals surface area contributed by atoms with Crippen LogP contribution in [0.15, 0.2) is 12.1 Å². The van der Waals surface area contributed by atoms with Crippen LogP contribution in [0.25, 0.3) is 0 Å². The van der Waals surface area contributed by atoms with Gasteiger partial charge in [-0.2, -0.15) is 0 Å². The van der Waals surface area contributed by atoms with E-state index in [4.69, 9.17) is 10.5 Å². The zero-order chi connectivity index (χ0) is 13.3. The lowest BCUT2D eigenvalue weighted by molar-refractivity contribution is 0.201. The molecule has 0 aliphatic heterocycles. The average Bonchev–Trinajstić information content (AvgIpc) is 2.31. The number of hydrogen-bond acceptors (Lipinski definition) is 3. The van der Waals surface area contributed by atoms with E-state index in [1.807, 2.05) is 7.05 Å². The predicted molar refractivity (Wildman–Crippen MR) is 75.0 cm³/mol. The first-order valence-corrected chi connectivity index (χ1v) is 6.64. The molecule has 0 radical (unpaired) electrons. The molecule has 3 nitrogen and oxygen atoms in total. The predicted octanol–water partition coefficient (Wildman–Crippen LogP) is 2.31. The molecular formula is C15H24N2O. The molecule has 0 saturated heterocycles. The molecule has 0 amide bonds. The molecule has 18 heavy (non-hydrogen) atoms. The number of methoxy groups -OCH3 is 1. The van der Waals surface area contributed by atoms with Crippen LogP contribution in [-0.4, -0.2) is 20.2 Å². The molecule has 0 spiro atoms. The average molecular weight is 248 g/mol. The number of rotatable bonds is 4. The van der Waals surface area contributed by atoms with E-state index in [-0.39, 0.29) is 0 Å². The van der Waals surface area contributed by atoms with Crippen molar-refractivity contribution in [3.05, 3.63) is 28.8 Å². The molecule has 3 heteroatoms. The van der Waals surface area contributed by atoms with E-state index in [2.05, 4.69) is 31.3 Å². The Kier molecular flexibility index (Phi) is 3.93. The molecule has 1 aromatic carbocycles. The number of ether oxygens (including phenoxy) is 1. The lowest BCUT2D eigenvalue weighted by Crippen LogP contribution is -2.42. The van der Waals surface area contributed by atoms with Crippen LogP contribution in [0.5, 0.6) is 5.75 Å². The minimum absolute atomic E-state index is 0.346. The highest BCUT2D eigenvalue weighted by molar-refractivity contribution is 5.44. The van der Waals surface area contributed by atoms with Crippen LogP contribution in [0.4, 0.5) is 0 Å². The Bertz CT molecular complexity index is 425. The highest BCUT2D eigenvalue weighted by Crippen LogP contribution is 2.40. The van der Waals surface area contributed by atoms with Crippen molar-refractivity contribution >= 4 is 0 Å². The van der Waals surface area contributed by atoms with Gasteiger partial charge in [0.25, 0.3) is 0 Å². The van der Waals surface area contributed by atoms with Gasteiger partial charge in [0.2, 0.25) is 0 Å². The summed E-state index contributed by atoms with van der Waals surface area (Å²) in [6.07, 6.45) is 2.20. The monoisotopic (exact) mass is 248 g/mol. The molecule has 2 rings (SSSR count). The molecule has 0 heterocycles. The normalized spacial score (nSPS) is 24.5. The number of aryl methyl sites for hydroxylation is 2. The minimum Gasteiger partial charge on any atom is -0.496 e. The molecular weight excluding hydrogens is 224 g/mol. The van der Waals surface area contributed by atoms with E-state index < -0.39 is 0 Å². The summed E-state index contributed by atoms with van der Waals surface area (Å²) in [4.78, 5) is 0. The van der Waals surface area contributed by atoms with Gasteiger partial charge in [-0.25, -0.2) is 0 Å². The topological polar surface area (TPSA) is 47.3 Å². The van der Waals surface area contributed by atoms with Gasteiger partial charge in [0, 0.05) is 17.6 Å². The largest absolute Gasteiger partial charge is 0.496 e. The van der Waals surface area contributed by atoms with Crippen molar-refractivity contribution in [3.63, 3.8) is 0 Å². The third kappa shape index (κ3) is 2.38. The van der Waals surface area contributed by atoms with E-state index in [9.17, 15) is 0 Å². The summed E-state index contributed by atoms with van der Waals surface area (Å²) in [5, 5.41) is 3.43. The van der Waals surface area contributed by atoms with Crippen LogP contribution in [0.1, 0.15) is 35.6 Å². The van der Waals surface area contributed by atoms with Gasteiger partial charge in [0.05, 0.1) is 7.11 Å². The summed E-state index contributed by atoms with van der Waals surface area (Å²) < 4.78 is 5.54. The second-order valence-electron chi connectivity index (χ2n) is 5.44. The molecule has 1 aromatic rings. The molecule has 3 N–H and O–H groups in total. The Labute approximate surface area is 110 Å². The first-order chi connectivity index (χ1) is 8.56. The van der Waals surface area contributed by atoms with Gasteiger partial charge >= 0.3 is 0 Å². The highest BCUT2D eigenvalue weighted by Gasteiger charge is 2.34. The van der Waals surface area contributed by atoms with Crippen LogP contribution >= 0.6 is 0 Å². The van der Waals surface area contributed by atoms with E-state index in [1.165, 1.54) is 16.7 Å². The standard InChI is InChI=1S/C15H24N2O/c1-9-5-13(14(18-4)6-10(9)2)15(17-3)11-7-12(16)8-11/h5-6,11-12,15,17H,7-8,16H2,1-4H3. The van der Waals surface area contributed by atoms with Gasteiger partial charge in [-0.15, -0.1) is 0 Å². The van der Waals surface area contributed by atoms with Crippen molar-refractivity contribution in [1.82, 2.24) is 5.32 Å². The summed E-state index contributed by atoms with van der Waals surface area (Å²) in [5.74, 6) is 1.61. The molecule has 0 aromatic heterocycles. The Morgan fingerprint density at radius 1 is 1.28 bits per heavy atom. The molecule has 100 valence electrons. The lowest BCUT2D eigenvalue weighted by atomic mass is 9.73. The first kappa shape index (κ1) is 13.4. The van der Waals surface area contributed by atoms with E-state index in [0.717, 1.165) is 18.6 Å². The maximum atomic E-state index is 5.90. The molecule has 1 unspecified atom stereocenters. The van der Waals surface area contributed by atoms with E-state index in [0.29, 0.717) is 18.0 Å². The van der Waals surface area contributed by atoms with E-state index >= 15 is 0 Å². The molecule has 1 fully saturated rings. The van der Waals surface area contributed by atoms with Gasteiger partial charge in [-0.05, 0) is 56.8 Å². The fourth-order valence-electron chi connectivity index (χ4n) is 2.86. The van der Waals surface area contributed by atoms with Crippen LogP contribution in [0.2, 0.25) is 0 Å². The third-order valence-electron chi connectivity index (χ3n) is 4.17. The zero-order valence-electron chi connectivity index (χ0n) is 11.8. The minimum atomic E-state index is 0.346. The Morgan fingerprint density at radius 2 is 1.89 bits per heavy atom. The number of benzene rings is 1. The van der Waals surface area contributed by atoms with Crippen LogP contribution < -0.4 is 15.8 Å². The summed E-state index contributed by atoms with van der Waals surface area (Å²) in [6, 6.07) is 5.11. The van der Waals surface area contributed by atoms with Crippen molar-refractivity contribution < 1.29 is 4.74 Å². The number of nitrogens with one attached hydrogen (secondary N) is 1. The SMILES string of the molecule is CNC(c1cc(C)c(C)cc1OC)C1CC(N)C1. The summed E-state index contributed by atoms with van der Waals surface area (Å²) in [7, 11) is 3.76. The molecule has 1 saturated carbocycles. The van der Waals surface area contributed by atoms with Crippen molar-refractivity contribution in [2.24, 2.45) is 11.7 Å². The number of nitrogens with two attached hydrogens (primary N) is 1. The first-order valence-electron chi connectivity index (χ1n) is 6.64. The van der Waals surface area contributed by atoms with Gasteiger partial charge < -0.3 is 15.8 Å². The van der Waals surface area contributed by atoms with Crippen LogP contribution in [0.3, 0.4) is 0 Å². The maximum absolute atomic E-state index is 5.90. The summed E-state index contributed by atoms with van der Waals surface area (Å²) >= 11 is 0. The van der Waals surface area contributed by atoms with Crippen molar-refractivity contribution in [2.45, 2.75) is 38.8 Å². The van der Waals surface area contributed by atoms with Crippen molar-refractivity contribution in [2.75, 3.05) is 14.2 Å². The Balaban J connectivity index is 2.32. The Hall–Kier alpha value is -1.06. The smallest absolute Gasteiger partial charge is 0.123 e. The van der Waals surface area contributed by atoms with Gasteiger partial charge in [-0.1, -0.05) is 6.07 Å². The van der Waals surface area contributed by atoms with Crippen LogP contribution in [0, 0.1) is 19.8 Å². The van der Waals surface area contributed by atoms with Gasteiger partial charge in [0.1, 0.15) is 5.75 Å². The fraction of sp³-hybridized carbons (Fsp3) is 0.600. The second kappa shape index (κ2) is 5.29. The second-order valence-corrected chi connectivity index (χ2v) is 5.44. The van der Waals surface area contributed by atoms with Crippen LogP contribution in [-0.2, 0) is 0 Å². The third-order valence-corrected chi connectivity index (χ3v) is 4.17. The van der Waals surface area contributed by atoms with Gasteiger partial charge in [0.15, 0.2) is 0 Å². The summed E-state index contributed by atoms with van der Waals surface area (Å²) in [6.45, 7) is 4.27. The van der Waals surface area contributed by atoms with Crippen molar-refractivity contribution in [3.8, 4) is 5.75 Å². The molecule has 1 aliphatic rings. The van der Waals surface area contributed by atoms with E-state index in [1.54, 1.807) is 7.11 Å². The number of hydrogen-bond donors (Lipinski definition) is 2. The fourth-order valence-corrected chi connectivity index (χ4v) is 2.86. The maximum Gasteiger partial charge on any atom is 0.123 e. The Morgan fingerprint density at radius 3 is 2.39 bits per heavy atom. The molecule has 1 aliphatic carbocycles. The molecule has 1 atom stereocenters. The van der Waals surface area contributed by atoms with Gasteiger partial charge in [-0.3, -0.25) is 0 Å². The highest BCUT2D eigenvalue weighted by atomic mass is 16.5.